The van der Waals surface area contributed by atoms with Crippen LogP contribution < -0.4 is 5.09 Å². The monoisotopic (exact) mass is 354 g/mol. The van der Waals surface area contributed by atoms with Gasteiger partial charge in [0.15, 0.2) is 0 Å². The fourth-order valence-corrected chi connectivity index (χ4v) is 3.56. The van der Waals surface area contributed by atoms with Crippen molar-refractivity contribution >= 4 is 19.6 Å². The van der Waals surface area contributed by atoms with E-state index in [2.05, 4.69) is 96.4 Å². The third-order valence-electron chi connectivity index (χ3n) is 4.21. The minimum absolute atomic E-state index is 0.162. The Hall–Kier alpha value is -1.66. The first-order valence-corrected chi connectivity index (χ1v) is 11.0. The second-order valence-corrected chi connectivity index (χ2v) is 10.1. The number of benzene rings is 2. The van der Waals surface area contributed by atoms with Crippen LogP contribution in [0.15, 0.2) is 41.4 Å². The Labute approximate surface area is 154 Å². The lowest BCUT2D eigenvalue weighted by atomic mass is 9.86. The third kappa shape index (κ3) is 5.16. The highest BCUT2D eigenvalue weighted by Crippen LogP contribution is 2.28. The molecule has 0 amide bonds. The topological polar surface area (TPSA) is 24.4 Å². The van der Waals surface area contributed by atoms with Crippen LogP contribution in [-0.4, -0.2) is 19.2 Å². The molecule has 0 saturated heterocycles. The lowest BCUT2D eigenvalue weighted by molar-refractivity contribution is 0.590. The van der Waals surface area contributed by atoms with Crippen molar-refractivity contribution < 1.29 is 0 Å². The maximum absolute atomic E-state index is 5.02. The lowest BCUT2D eigenvalue weighted by Crippen LogP contribution is -2.19. The van der Waals surface area contributed by atoms with Crippen molar-refractivity contribution in [1.29, 1.82) is 0 Å². The van der Waals surface area contributed by atoms with Gasteiger partial charge in [0.25, 0.3) is 0 Å². The molecule has 2 aromatic carbocycles. The highest BCUT2D eigenvalue weighted by atomic mass is 31.1. The van der Waals surface area contributed by atoms with Crippen LogP contribution >= 0.6 is 8.07 Å². The molecule has 0 aromatic heterocycles. The summed E-state index contributed by atoms with van der Waals surface area (Å²) >= 11 is 0. The van der Waals surface area contributed by atoms with Gasteiger partial charge in [-0.3, -0.25) is 0 Å². The Morgan fingerprint density at radius 1 is 0.920 bits per heavy atom. The van der Waals surface area contributed by atoms with E-state index in [0.29, 0.717) is 0 Å². The van der Waals surface area contributed by atoms with Crippen LogP contribution in [0.25, 0.3) is 0 Å². The Kier molecular flexibility index (Phi) is 6.06. The number of amidine groups is 1. The van der Waals surface area contributed by atoms with Crippen molar-refractivity contribution in [2.45, 2.75) is 47.0 Å². The summed E-state index contributed by atoms with van der Waals surface area (Å²) < 4.78 is 0. The highest BCUT2D eigenvalue weighted by molar-refractivity contribution is 7.54. The second-order valence-electron chi connectivity index (χ2n) is 8.04. The molecule has 0 heterocycles. The molecule has 2 rings (SSSR count). The van der Waals surface area contributed by atoms with Gasteiger partial charge in [-0.2, -0.15) is 0 Å². The normalized spacial score (nSPS) is 12.6. The standard InChI is InChI=1S/C22H31N2P/c1-15-13-16(2)20(17(3)14-15)23-21(24-25(7)8)18-9-11-19(12-10-18)22(4,5)6/h9-14H,1-8H3,(H,23,24). The molecule has 2 nitrogen and oxygen atoms in total. The van der Waals surface area contributed by atoms with Crippen molar-refractivity contribution in [1.82, 2.24) is 5.09 Å². The highest BCUT2D eigenvalue weighted by Gasteiger charge is 2.14. The molecule has 0 aliphatic rings. The van der Waals surface area contributed by atoms with Gasteiger partial charge in [-0.05, 0) is 64.3 Å². The maximum atomic E-state index is 5.02. The third-order valence-corrected chi connectivity index (χ3v) is 4.87. The molecule has 3 heteroatoms. The Bertz CT molecular complexity index is 743. The molecule has 2 aromatic rings. The molecule has 0 atom stereocenters. The second kappa shape index (κ2) is 7.70. The minimum atomic E-state index is -0.296. The molecule has 0 aliphatic heterocycles. The van der Waals surface area contributed by atoms with E-state index in [1.165, 1.54) is 22.3 Å². The van der Waals surface area contributed by atoms with Gasteiger partial charge in [0.05, 0.1) is 5.69 Å². The zero-order valence-corrected chi connectivity index (χ0v) is 17.8. The van der Waals surface area contributed by atoms with Gasteiger partial charge in [-0.25, -0.2) is 4.99 Å². The first-order valence-electron chi connectivity index (χ1n) is 8.79. The SMILES string of the molecule is Cc1cc(C)c(N=C(NP(C)C)c2ccc(C(C)(C)C)cc2)c(C)c1. The van der Waals surface area contributed by atoms with Crippen molar-refractivity contribution in [2.24, 2.45) is 4.99 Å². The summed E-state index contributed by atoms with van der Waals surface area (Å²) in [6.45, 7) is 17.6. The number of nitrogens with one attached hydrogen (secondary N) is 1. The molecule has 0 unspecified atom stereocenters. The average molecular weight is 354 g/mol. The molecular formula is C22H31N2P. The van der Waals surface area contributed by atoms with Gasteiger partial charge < -0.3 is 5.09 Å². The molecule has 0 fully saturated rings. The van der Waals surface area contributed by atoms with Gasteiger partial charge in [-0.15, -0.1) is 0 Å². The van der Waals surface area contributed by atoms with Gasteiger partial charge >= 0.3 is 0 Å². The van der Waals surface area contributed by atoms with Gasteiger partial charge in [0.1, 0.15) is 5.84 Å². The minimum Gasteiger partial charge on any atom is -0.349 e. The van der Waals surface area contributed by atoms with E-state index in [-0.39, 0.29) is 13.5 Å². The summed E-state index contributed by atoms with van der Waals surface area (Å²) in [6.07, 6.45) is 0. The number of nitrogens with zero attached hydrogens (tertiary/aromatic N) is 1. The summed E-state index contributed by atoms with van der Waals surface area (Å²) in [6, 6.07) is 13.2. The van der Waals surface area contributed by atoms with E-state index in [1.807, 2.05) is 0 Å². The Balaban J connectivity index is 2.50. The van der Waals surface area contributed by atoms with E-state index in [4.69, 9.17) is 4.99 Å². The van der Waals surface area contributed by atoms with Crippen LogP contribution in [0.3, 0.4) is 0 Å². The Morgan fingerprint density at radius 2 is 1.44 bits per heavy atom. The fourth-order valence-electron chi connectivity index (χ4n) is 2.95. The van der Waals surface area contributed by atoms with E-state index in [0.717, 1.165) is 17.1 Å². The lowest BCUT2D eigenvalue weighted by Gasteiger charge is -2.20. The van der Waals surface area contributed by atoms with Crippen LogP contribution in [0.2, 0.25) is 0 Å². The van der Waals surface area contributed by atoms with Crippen LogP contribution in [0, 0.1) is 20.8 Å². The summed E-state index contributed by atoms with van der Waals surface area (Å²) in [4.78, 5) is 5.02. The largest absolute Gasteiger partial charge is 0.349 e. The molecule has 1 N–H and O–H groups in total. The quantitative estimate of drug-likeness (QED) is 0.394. The number of rotatable bonds is 3. The molecule has 0 aliphatic carbocycles. The van der Waals surface area contributed by atoms with Crippen molar-refractivity contribution in [3.8, 4) is 0 Å². The van der Waals surface area contributed by atoms with E-state index in [1.54, 1.807) is 0 Å². The Morgan fingerprint density at radius 3 is 1.88 bits per heavy atom. The van der Waals surface area contributed by atoms with Crippen LogP contribution in [-0.2, 0) is 5.41 Å². The zero-order chi connectivity index (χ0) is 18.8. The molecular weight excluding hydrogens is 323 g/mol. The zero-order valence-electron chi connectivity index (χ0n) is 16.9. The number of aryl methyl sites for hydroxylation is 3. The molecule has 0 radical (unpaired) electrons. The van der Waals surface area contributed by atoms with E-state index < -0.39 is 0 Å². The van der Waals surface area contributed by atoms with Gasteiger partial charge in [0.2, 0.25) is 0 Å². The van der Waals surface area contributed by atoms with E-state index in [9.17, 15) is 0 Å². The first-order chi connectivity index (χ1) is 11.6. The van der Waals surface area contributed by atoms with Crippen LogP contribution in [0.4, 0.5) is 5.69 Å². The molecule has 134 valence electrons. The van der Waals surface area contributed by atoms with Gasteiger partial charge in [0, 0.05) is 5.56 Å². The number of hydrogen-bond donors (Lipinski definition) is 1. The molecule has 0 saturated carbocycles. The summed E-state index contributed by atoms with van der Waals surface area (Å²) in [5.41, 5.74) is 7.45. The van der Waals surface area contributed by atoms with Crippen LogP contribution in [0.1, 0.15) is 48.6 Å². The number of aliphatic imine (C=N–C) groups is 1. The number of hydrogen-bond acceptors (Lipinski definition) is 1. The summed E-state index contributed by atoms with van der Waals surface area (Å²) in [7, 11) is -0.296. The summed E-state index contributed by atoms with van der Waals surface area (Å²) in [5.74, 6) is 0.964. The summed E-state index contributed by atoms with van der Waals surface area (Å²) in [5, 5.41) is 3.59. The predicted octanol–water partition coefficient (Wildman–Crippen LogP) is 6.23. The van der Waals surface area contributed by atoms with Crippen molar-refractivity contribution in [3.63, 3.8) is 0 Å². The molecule has 0 bridgehead atoms. The molecule has 25 heavy (non-hydrogen) atoms. The van der Waals surface area contributed by atoms with Crippen molar-refractivity contribution in [3.05, 3.63) is 64.2 Å². The maximum Gasteiger partial charge on any atom is 0.137 e. The average Bonchev–Trinajstić information content (AvgIpc) is 2.48. The van der Waals surface area contributed by atoms with E-state index >= 15 is 0 Å². The van der Waals surface area contributed by atoms with Crippen molar-refractivity contribution in [2.75, 3.05) is 13.3 Å². The fraction of sp³-hybridized carbons (Fsp3) is 0.409. The van der Waals surface area contributed by atoms with Crippen LogP contribution in [0.5, 0.6) is 0 Å². The molecule has 0 spiro atoms. The predicted molar refractivity (Wildman–Crippen MR) is 114 cm³/mol. The smallest absolute Gasteiger partial charge is 0.137 e. The van der Waals surface area contributed by atoms with Gasteiger partial charge in [-0.1, -0.05) is 62.7 Å². The first kappa shape index (κ1) is 19.7.